The molecule has 1 fully saturated rings. The van der Waals surface area contributed by atoms with Crippen LogP contribution in [0.3, 0.4) is 0 Å². The third-order valence-electron chi connectivity index (χ3n) is 5.07. The number of benzene rings is 2. The van der Waals surface area contributed by atoms with Crippen LogP contribution in [0, 0.1) is 5.92 Å². The van der Waals surface area contributed by atoms with E-state index in [2.05, 4.69) is 22.3 Å². The molecular weight excluding hydrogens is 364 g/mol. The van der Waals surface area contributed by atoms with Crippen molar-refractivity contribution in [3.8, 4) is 11.5 Å². The van der Waals surface area contributed by atoms with Crippen molar-refractivity contribution in [2.45, 2.75) is 46.3 Å². The van der Waals surface area contributed by atoms with Crippen LogP contribution in [0.4, 0.5) is 5.69 Å². The van der Waals surface area contributed by atoms with Crippen molar-refractivity contribution in [1.29, 1.82) is 0 Å². The Morgan fingerprint density at radius 2 is 1.83 bits per heavy atom. The van der Waals surface area contributed by atoms with Crippen LogP contribution < -0.4 is 14.8 Å². The van der Waals surface area contributed by atoms with Crippen LogP contribution in [0.5, 0.6) is 11.5 Å². The SMILES string of the molecule is CCOc1cccc(CN2CCC(C(=O)Nc3ccc(OC(C)C)cc3)CC2)c1. The number of nitrogens with one attached hydrogen (secondary N) is 1. The van der Waals surface area contributed by atoms with Gasteiger partial charge in [-0.1, -0.05) is 12.1 Å². The number of carbonyl (C=O) groups excluding carboxylic acids is 1. The smallest absolute Gasteiger partial charge is 0.227 e. The number of likely N-dealkylation sites (tertiary alicyclic amines) is 1. The van der Waals surface area contributed by atoms with Gasteiger partial charge in [-0.05, 0) is 88.7 Å². The lowest BCUT2D eigenvalue weighted by Gasteiger charge is -2.31. The maximum absolute atomic E-state index is 12.6. The number of hydrogen-bond donors (Lipinski definition) is 1. The molecule has 29 heavy (non-hydrogen) atoms. The fourth-order valence-electron chi connectivity index (χ4n) is 3.65. The van der Waals surface area contributed by atoms with Crippen LogP contribution in [0.15, 0.2) is 48.5 Å². The fourth-order valence-corrected chi connectivity index (χ4v) is 3.65. The van der Waals surface area contributed by atoms with Gasteiger partial charge in [-0.3, -0.25) is 9.69 Å². The Bertz CT molecular complexity index is 781. The first-order valence-electron chi connectivity index (χ1n) is 10.5. The first-order chi connectivity index (χ1) is 14.0. The van der Waals surface area contributed by atoms with E-state index in [4.69, 9.17) is 9.47 Å². The highest BCUT2D eigenvalue weighted by Gasteiger charge is 2.25. The molecule has 0 bridgehead atoms. The molecule has 0 radical (unpaired) electrons. The molecule has 1 amide bonds. The summed E-state index contributed by atoms with van der Waals surface area (Å²) in [6.07, 6.45) is 1.90. The lowest BCUT2D eigenvalue weighted by Crippen LogP contribution is -2.37. The molecule has 0 unspecified atom stereocenters. The predicted molar refractivity (Wildman–Crippen MR) is 116 cm³/mol. The van der Waals surface area contributed by atoms with Gasteiger partial charge in [0.1, 0.15) is 11.5 Å². The highest BCUT2D eigenvalue weighted by atomic mass is 16.5. The molecule has 2 aromatic rings. The number of amides is 1. The molecule has 1 aliphatic rings. The zero-order chi connectivity index (χ0) is 20.6. The first-order valence-corrected chi connectivity index (χ1v) is 10.5. The number of anilines is 1. The second kappa shape index (κ2) is 10.3. The Hall–Kier alpha value is -2.53. The third kappa shape index (κ3) is 6.50. The number of carbonyl (C=O) groups is 1. The molecule has 5 nitrogen and oxygen atoms in total. The van der Waals surface area contributed by atoms with Crippen molar-refractivity contribution in [2.75, 3.05) is 25.0 Å². The van der Waals surface area contributed by atoms with E-state index in [9.17, 15) is 4.79 Å². The number of rotatable bonds is 8. The Labute approximate surface area is 174 Å². The van der Waals surface area contributed by atoms with Crippen LogP contribution in [0.1, 0.15) is 39.2 Å². The Balaban J connectivity index is 1.46. The van der Waals surface area contributed by atoms with Gasteiger partial charge in [-0.2, -0.15) is 0 Å². The molecule has 1 aliphatic heterocycles. The summed E-state index contributed by atoms with van der Waals surface area (Å²) in [6.45, 7) is 9.42. The van der Waals surface area contributed by atoms with Gasteiger partial charge in [-0.25, -0.2) is 0 Å². The maximum atomic E-state index is 12.6. The van der Waals surface area contributed by atoms with Crippen LogP contribution in [-0.2, 0) is 11.3 Å². The molecular formula is C24H32N2O3. The van der Waals surface area contributed by atoms with Crippen LogP contribution >= 0.6 is 0 Å². The van der Waals surface area contributed by atoms with E-state index >= 15 is 0 Å². The minimum Gasteiger partial charge on any atom is -0.494 e. The fraction of sp³-hybridized carbons (Fsp3) is 0.458. The van der Waals surface area contributed by atoms with Crippen LogP contribution in [0.2, 0.25) is 0 Å². The largest absolute Gasteiger partial charge is 0.494 e. The summed E-state index contributed by atoms with van der Waals surface area (Å²) in [4.78, 5) is 15.0. The van der Waals surface area contributed by atoms with E-state index in [1.807, 2.05) is 57.2 Å². The van der Waals surface area contributed by atoms with Crippen molar-refractivity contribution < 1.29 is 14.3 Å². The zero-order valence-electron chi connectivity index (χ0n) is 17.7. The molecule has 1 N–H and O–H groups in total. The Morgan fingerprint density at radius 1 is 1.10 bits per heavy atom. The first kappa shape index (κ1) is 21.2. The number of hydrogen-bond acceptors (Lipinski definition) is 4. The monoisotopic (exact) mass is 396 g/mol. The molecule has 1 heterocycles. The lowest BCUT2D eigenvalue weighted by molar-refractivity contribution is -0.121. The van der Waals surface area contributed by atoms with Crippen molar-refractivity contribution in [3.63, 3.8) is 0 Å². The summed E-state index contributed by atoms with van der Waals surface area (Å²) in [5.41, 5.74) is 2.07. The van der Waals surface area contributed by atoms with Gasteiger partial charge in [0, 0.05) is 18.2 Å². The topological polar surface area (TPSA) is 50.8 Å². The third-order valence-corrected chi connectivity index (χ3v) is 5.07. The summed E-state index contributed by atoms with van der Waals surface area (Å²) >= 11 is 0. The minimum absolute atomic E-state index is 0.0626. The standard InChI is InChI=1S/C24H32N2O3/c1-4-28-23-7-5-6-19(16-23)17-26-14-12-20(13-15-26)24(27)25-21-8-10-22(11-9-21)29-18(2)3/h5-11,16,18,20H,4,12-15,17H2,1-3H3,(H,25,27). The second-order valence-electron chi connectivity index (χ2n) is 7.81. The predicted octanol–water partition coefficient (Wildman–Crippen LogP) is 4.72. The van der Waals surface area contributed by atoms with Gasteiger partial charge in [0.15, 0.2) is 0 Å². The van der Waals surface area contributed by atoms with Crippen molar-refractivity contribution in [3.05, 3.63) is 54.1 Å². The van der Waals surface area contributed by atoms with Crippen molar-refractivity contribution >= 4 is 11.6 Å². The summed E-state index contributed by atoms with van der Waals surface area (Å²) in [6, 6.07) is 15.9. The minimum atomic E-state index is 0.0626. The number of piperidine rings is 1. The average molecular weight is 397 g/mol. The summed E-state index contributed by atoms with van der Waals surface area (Å²) in [7, 11) is 0. The van der Waals surface area contributed by atoms with E-state index in [0.717, 1.165) is 49.7 Å². The highest BCUT2D eigenvalue weighted by molar-refractivity contribution is 5.92. The van der Waals surface area contributed by atoms with Gasteiger partial charge in [-0.15, -0.1) is 0 Å². The van der Waals surface area contributed by atoms with Gasteiger partial charge in [0.2, 0.25) is 5.91 Å². The molecule has 2 aromatic carbocycles. The average Bonchev–Trinajstić information content (AvgIpc) is 2.70. The van der Waals surface area contributed by atoms with E-state index in [0.29, 0.717) is 6.61 Å². The molecule has 0 spiro atoms. The summed E-state index contributed by atoms with van der Waals surface area (Å²) in [5.74, 6) is 1.91. The molecule has 0 aliphatic carbocycles. The van der Waals surface area contributed by atoms with E-state index in [1.165, 1.54) is 5.56 Å². The number of ether oxygens (including phenoxy) is 2. The second-order valence-corrected chi connectivity index (χ2v) is 7.81. The van der Waals surface area contributed by atoms with Crippen molar-refractivity contribution in [1.82, 2.24) is 4.90 Å². The highest BCUT2D eigenvalue weighted by Crippen LogP contribution is 2.23. The normalized spacial score (nSPS) is 15.3. The molecule has 3 rings (SSSR count). The van der Waals surface area contributed by atoms with Gasteiger partial charge < -0.3 is 14.8 Å². The maximum Gasteiger partial charge on any atom is 0.227 e. The van der Waals surface area contributed by atoms with E-state index in [-0.39, 0.29) is 17.9 Å². The summed E-state index contributed by atoms with van der Waals surface area (Å²) < 4.78 is 11.2. The molecule has 1 saturated heterocycles. The quantitative estimate of drug-likeness (QED) is 0.701. The number of nitrogens with zero attached hydrogens (tertiary/aromatic N) is 1. The van der Waals surface area contributed by atoms with Crippen molar-refractivity contribution in [2.24, 2.45) is 5.92 Å². The van der Waals surface area contributed by atoms with Crippen LogP contribution in [0.25, 0.3) is 0 Å². The van der Waals surface area contributed by atoms with E-state index < -0.39 is 0 Å². The molecule has 0 saturated carbocycles. The summed E-state index contributed by atoms with van der Waals surface area (Å²) in [5, 5.41) is 3.05. The Morgan fingerprint density at radius 3 is 2.48 bits per heavy atom. The molecule has 5 heteroatoms. The van der Waals surface area contributed by atoms with Gasteiger partial charge in [0.25, 0.3) is 0 Å². The van der Waals surface area contributed by atoms with Crippen LogP contribution in [-0.4, -0.2) is 36.6 Å². The molecule has 156 valence electrons. The molecule has 0 aromatic heterocycles. The lowest BCUT2D eigenvalue weighted by atomic mass is 9.95. The van der Waals surface area contributed by atoms with Gasteiger partial charge >= 0.3 is 0 Å². The zero-order valence-corrected chi connectivity index (χ0v) is 17.7. The van der Waals surface area contributed by atoms with Gasteiger partial charge in [0.05, 0.1) is 12.7 Å². The molecule has 0 atom stereocenters. The van der Waals surface area contributed by atoms with E-state index in [1.54, 1.807) is 0 Å². The Kier molecular flexibility index (Phi) is 7.53.